The van der Waals surface area contributed by atoms with Gasteiger partial charge in [-0.05, 0) is 31.5 Å². The van der Waals surface area contributed by atoms with Crippen LogP contribution in [0, 0.1) is 6.92 Å². The van der Waals surface area contributed by atoms with Crippen LogP contribution in [-0.4, -0.2) is 24.4 Å². The van der Waals surface area contributed by atoms with Gasteiger partial charge in [0.1, 0.15) is 0 Å². The Morgan fingerprint density at radius 1 is 1.42 bits per heavy atom. The fraction of sp³-hybridized carbons (Fsp3) is 0.385. The molecule has 0 radical (unpaired) electrons. The van der Waals surface area contributed by atoms with E-state index in [0.717, 1.165) is 5.56 Å². The molecule has 1 atom stereocenters. The first-order valence-electron chi connectivity index (χ1n) is 6.00. The van der Waals surface area contributed by atoms with Gasteiger partial charge < -0.3 is 16.4 Å². The molecule has 0 fully saturated rings. The average Bonchev–Trinajstić information content (AvgIpc) is 2.34. The van der Waals surface area contributed by atoms with Crippen molar-refractivity contribution in [3.63, 3.8) is 0 Å². The lowest BCUT2D eigenvalue weighted by molar-refractivity contribution is -0.122. The quantitative estimate of drug-likeness (QED) is 0.764. The van der Waals surface area contributed by atoms with Crippen LogP contribution in [0.15, 0.2) is 18.2 Å². The van der Waals surface area contributed by atoms with Crippen LogP contribution in [0.1, 0.15) is 18.9 Å². The topological polar surface area (TPSA) is 84.2 Å². The van der Waals surface area contributed by atoms with Crippen molar-refractivity contribution in [2.75, 3.05) is 11.9 Å². The molecule has 0 aromatic heterocycles. The van der Waals surface area contributed by atoms with E-state index in [9.17, 15) is 9.59 Å². The minimum absolute atomic E-state index is 0.185. The molecule has 0 saturated heterocycles. The highest BCUT2D eigenvalue weighted by molar-refractivity contribution is 6.31. The maximum Gasteiger partial charge on any atom is 0.236 e. The first-order chi connectivity index (χ1) is 8.91. The lowest BCUT2D eigenvalue weighted by Crippen LogP contribution is -2.39. The van der Waals surface area contributed by atoms with Crippen molar-refractivity contribution in [3.05, 3.63) is 28.8 Å². The fourth-order valence-electron chi connectivity index (χ4n) is 1.42. The Balaban J connectivity index is 2.44. The van der Waals surface area contributed by atoms with E-state index >= 15 is 0 Å². The van der Waals surface area contributed by atoms with E-state index in [2.05, 4.69) is 10.6 Å². The number of nitrogens with two attached hydrogens (primary N) is 1. The first kappa shape index (κ1) is 15.5. The lowest BCUT2D eigenvalue weighted by atomic mass is 10.2. The summed E-state index contributed by atoms with van der Waals surface area (Å²) in [4.78, 5) is 22.9. The molecule has 104 valence electrons. The Morgan fingerprint density at radius 3 is 2.74 bits per heavy atom. The number of amides is 2. The summed E-state index contributed by atoms with van der Waals surface area (Å²) < 4.78 is 0. The van der Waals surface area contributed by atoms with Crippen molar-refractivity contribution in [3.8, 4) is 0 Å². The van der Waals surface area contributed by atoms with Crippen LogP contribution in [0.2, 0.25) is 5.02 Å². The van der Waals surface area contributed by atoms with Gasteiger partial charge in [-0.15, -0.1) is 0 Å². The molecule has 6 heteroatoms. The lowest BCUT2D eigenvalue weighted by Gasteiger charge is -2.10. The van der Waals surface area contributed by atoms with Crippen molar-refractivity contribution >= 4 is 29.1 Å². The van der Waals surface area contributed by atoms with E-state index in [4.69, 9.17) is 17.3 Å². The van der Waals surface area contributed by atoms with Gasteiger partial charge in [0.2, 0.25) is 11.8 Å². The van der Waals surface area contributed by atoms with Gasteiger partial charge in [-0.25, -0.2) is 0 Å². The van der Waals surface area contributed by atoms with Crippen LogP contribution in [0.5, 0.6) is 0 Å². The highest BCUT2D eigenvalue weighted by atomic mass is 35.5. The van der Waals surface area contributed by atoms with Crippen molar-refractivity contribution in [2.45, 2.75) is 26.3 Å². The average molecular weight is 284 g/mol. The number of carbonyl (C=O) groups is 2. The summed E-state index contributed by atoms with van der Waals surface area (Å²) >= 11 is 5.96. The number of rotatable bonds is 5. The second-order valence-electron chi connectivity index (χ2n) is 4.29. The summed E-state index contributed by atoms with van der Waals surface area (Å²) in [6.45, 7) is 3.67. The maximum absolute atomic E-state index is 11.7. The summed E-state index contributed by atoms with van der Waals surface area (Å²) in [6, 6.07) is 4.73. The van der Waals surface area contributed by atoms with E-state index in [0.29, 0.717) is 10.7 Å². The highest BCUT2D eigenvalue weighted by Crippen LogP contribution is 2.22. The van der Waals surface area contributed by atoms with E-state index in [-0.39, 0.29) is 24.8 Å². The molecule has 0 heterocycles. The van der Waals surface area contributed by atoms with Crippen LogP contribution in [0.4, 0.5) is 5.69 Å². The number of benzene rings is 1. The van der Waals surface area contributed by atoms with Crippen molar-refractivity contribution in [1.29, 1.82) is 0 Å². The SMILES string of the molecule is Cc1c(Cl)cccc1NC(=O)CCNC(=O)[C@@H](C)N. The first-order valence-corrected chi connectivity index (χ1v) is 6.38. The van der Waals surface area contributed by atoms with Crippen molar-refractivity contribution < 1.29 is 9.59 Å². The van der Waals surface area contributed by atoms with Gasteiger partial charge in [0.15, 0.2) is 0 Å². The molecule has 0 bridgehead atoms. The Labute approximate surface area is 117 Å². The molecule has 0 unspecified atom stereocenters. The van der Waals surface area contributed by atoms with Gasteiger partial charge in [0.25, 0.3) is 0 Å². The fourth-order valence-corrected chi connectivity index (χ4v) is 1.59. The predicted octanol–water partition coefficient (Wildman–Crippen LogP) is 1.44. The molecule has 0 spiro atoms. The molecule has 1 rings (SSSR count). The zero-order valence-corrected chi connectivity index (χ0v) is 11.8. The van der Waals surface area contributed by atoms with Crippen LogP contribution < -0.4 is 16.4 Å². The monoisotopic (exact) mass is 283 g/mol. The minimum atomic E-state index is -0.571. The summed E-state index contributed by atoms with van der Waals surface area (Å²) in [6.07, 6.45) is 0.185. The number of hydrogen-bond donors (Lipinski definition) is 3. The standard InChI is InChI=1S/C13H18ClN3O2/c1-8-10(14)4-3-5-11(8)17-12(18)6-7-16-13(19)9(2)15/h3-5,9H,6-7,15H2,1-2H3,(H,16,19)(H,17,18)/t9-/m1/s1. The van der Waals surface area contributed by atoms with Gasteiger partial charge in [-0.1, -0.05) is 17.7 Å². The van der Waals surface area contributed by atoms with Crippen molar-refractivity contribution in [1.82, 2.24) is 5.32 Å². The molecule has 5 nitrogen and oxygen atoms in total. The van der Waals surface area contributed by atoms with Gasteiger partial charge in [0, 0.05) is 23.7 Å². The molecule has 0 aliphatic rings. The number of halogens is 1. The number of carbonyl (C=O) groups excluding carboxylic acids is 2. The zero-order valence-electron chi connectivity index (χ0n) is 11.0. The van der Waals surface area contributed by atoms with Crippen molar-refractivity contribution in [2.24, 2.45) is 5.73 Å². The number of nitrogens with one attached hydrogen (secondary N) is 2. The van der Waals surface area contributed by atoms with Crippen LogP contribution in [0.3, 0.4) is 0 Å². The molecular weight excluding hydrogens is 266 g/mol. The van der Waals surface area contributed by atoms with Gasteiger partial charge in [-0.3, -0.25) is 9.59 Å². The maximum atomic E-state index is 11.7. The largest absolute Gasteiger partial charge is 0.354 e. The molecule has 0 aliphatic carbocycles. The molecule has 4 N–H and O–H groups in total. The molecule has 1 aromatic rings. The summed E-state index contributed by atoms with van der Waals surface area (Å²) in [5.41, 5.74) is 6.88. The minimum Gasteiger partial charge on any atom is -0.354 e. The third-order valence-corrected chi connectivity index (χ3v) is 3.02. The Hall–Kier alpha value is -1.59. The molecule has 2 amide bonds. The van der Waals surface area contributed by atoms with E-state index < -0.39 is 6.04 Å². The smallest absolute Gasteiger partial charge is 0.236 e. The van der Waals surface area contributed by atoms with E-state index in [1.807, 2.05) is 6.92 Å². The summed E-state index contributed by atoms with van der Waals surface area (Å²) in [7, 11) is 0. The van der Waals surface area contributed by atoms with E-state index in [1.165, 1.54) is 0 Å². The normalized spacial score (nSPS) is 11.8. The third-order valence-electron chi connectivity index (χ3n) is 2.61. The van der Waals surface area contributed by atoms with Crippen LogP contribution in [0.25, 0.3) is 0 Å². The third kappa shape index (κ3) is 4.89. The summed E-state index contributed by atoms with van der Waals surface area (Å²) in [5, 5.41) is 5.92. The molecular formula is C13H18ClN3O2. The predicted molar refractivity (Wildman–Crippen MR) is 76.1 cm³/mol. The molecule has 19 heavy (non-hydrogen) atoms. The van der Waals surface area contributed by atoms with Gasteiger partial charge >= 0.3 is 0 Å². The Kier molecular flexibility index (Phi) is 5.79. The van der Waals surface area contributed by atoms with Crippen LogP contribution >= 0.6 is 11.6 Å². The Morgan fingerprint density at radius 2 is 2.11 bits per heavy atom. The molecule has 0 saturated carbocycles. The highest BCUT2D eigenvalue weighted by Gasteiger charge is 2.09. The van der Waals surface area contributed by atoms with Gasteiger partial charge in [0.05, 0.1) is 6.04 Å². The number of anilines is 1. The van der Waals surface area contributed by atoms with Crippen LogP contribution in [-0.2, 0) is 9.59 Å². The molecule has 1 aromatic carbocycles. The second kappa shape index (κ2) is 7.11. The van der Waals surface area contributed by atoms with E-state index in [1.54, 1.807) is 25.1 Å². The second-order valence-corrected chi connectivity index (χ2v) is 4.70. The Bertz CT molecular complexity index is 475. The van der Waals surface area contributed by atoms with Gasteiger partial charge in [-0.2, -0.15) is 0 Å². The number of hydrogen-bond acceptors (Lipinski definition) is 3. The molecule has 0 aliphatic heterocycles. The zero-order chi connectivity index (χ0) is 14.4. The summed E-state index contributed by atoms with van der Waals surface area (Å²) in [5.74, 6) is -0.456.